The molecule has 0 spiro atoms. The van der Waals surface area contributed by atoms with Crippen LogP contribution in [0.25, 0.3) is 0 Å². The summed E-state index contributed by atoms with van der Waals surface area (Å²) in [6.45, 7) is 4.22. The van der Waals surface area contributed by atoms with Gasteiger partial charge in [-0.3, -0.25) is 9.78 Å². The van der Waals surface area contributed by atoms with Crippen LogP contribution >= 0.6 is 0 Å². The standard InChI is InChI=1S/C12H16N2O2/c1-9-2-3-10(7-14-9)12(15)6-11-8-13-4-5-16-11/h2-3,7,11,13H,4-6,8H2,1H3. The highest BCUT2D eigenvalue weighted by Gasteiger charge is 2.18. The molecule has 1 atom stereocenters. The van der Waals surface area contributed by atoms with Crippen LogP contribution in [0.1, 0.15) is 22.5 Å². The Bertz CT molecular complexity index is 356. The normalized spacial score (nSPS) is 20.7. The van der Waals surface area contributed by atoms with Gasteiger partial charge in [0.2, 0.25) is 0 Å². The zero-order chi connectivity index (χ0) is 11.4. The van der Waals surface area contributed by atoms with Gasteiger partial charge < -0.3 is 10.1 Å². The van der Waals surface area contributed by atoms with Crippen molar-refractivity contribution in [3.63, 3.8) is 0 Å². The first-order chi connectivity index (χ1) is 7.75. The lowest BCUT2D eigenvalue weighted by atomic mass is 10.1. The summed E-state index contributed by atoms with van der Waals surface area (Å²) in [7, 11) is 0. The van der Waals surface area contributed by atoms with E-state index in [0.717, 1.165) is 18.8 Å². The summed E-state index contributed by atoms with van der Waals surface area (Å²) in [4.78, 5) is 16.0. The van der Waals surface area contributed by atoms with Crippen LogP contribution in [-0.4, -0.2) is 36.6 Å². The summed E-state index contributed by atoms with van der Waals surface area (Å²) in [5, 5.41) is 3.21. The van der Waals surface area contributed by atoms with Gasteiger partial charge in [0.1, 0.15) is 0 Å². The lowest BCUT2D eigenvalue weighted by Crippen LogP contribution is -2.39. The summed E-state index contributed by atoms with van der Waals surface area (Å²) < 4.78 is 5.49. The van der Waals surface area contributed by atoms with E-state index < -0.39 is 0 Å². The maximum Gasteiger partial charge on any atom is 0.167 e. The summed E-state index contributed by atoms with van der Waals surface area (Å²) in [5.74, 6) is 0.0983. The highest BCUT2D eigenvalue weighted by molar-refractivity contribution is 5.96. The van der Waals surface area contributed by atoms with Crippen LogP contribution in [0.2, 0.25) is 0 Å². The van der Waals surface area contributed by atoms with E-state index in [9.17, 15) is 4.79 Å². The fourth-order valence-electron chi connectivity index (χ4n) is 1.71. The van der Waals surface area contributed by atoms with Crippen molar-refractivity contribution in [2.45, 2.75) is 19.4 Å². The van der Waals surface area contributed by atoms with Gasteiger partial charge >= 0.3 is 0 Å². The molecule has 2 rings (SSSR count). The van der Waals surface area contributed by atoms with Crippen molar-refractivity contribution in [3.8, 4) is 0 Å². The molecule has 0 saturated carbocycles. The molecule has 1 fully saturated rings. The van der Waals surface area contributed by atoms with E-state index in [-0.39, 0.29) is 11.9 Å². The molecule has 1 aromatic heterocycles. The van der Waals surface area contributed by atoms with Gasteiger partial charge in [0.15, 0.2) is 5.78 Å². The zero-order valence-corrected chi connectivity index (χ0v) is 9.40. The Kier molecular flexibility index (Phi) is 3.64. The van der Waals surface area contributed by atoms with Crippen molar-refractivity contribution in [1.82, 2.24) is 10.3 Å². The third-order valence-corrected chi connectivity index (χ3v) is 2.65. The molecule has 1 N–H and O–H groups in total. The van der Waals surface area contributed by atoms with Gasteiger partial charge in [-0.05, 0) is 19.1 Å². The first kappa shape index (κ1) is 11.2. The van der Waals surface area contributed by atoms with Gasteiger partial charge in [-0.25, -0.2) is 0 Å². The van der Waals surface area contributed by atoms with Crippen LogP contribution in [0.4, 0.5) is 0 Å². The van der Waals surface area contributed by atoms with E-state index in [0.29, 0.717) is 18.6 Å². The van der Waals surface area contributed by atoms with Crippen molar-refractivity contribution in [1.29, 1.82) is 0 Å². The van der Waals surface area contributed by atoms with E-state index in [1.54, 1.807) is 6.20 Å². The van der Waals surface area contributed by atoms with Crippen LogP contribution in [0.5, 0.6) is 0 Å². The average Bonchev–Trinajstić information content (AvgIpc) is 2.31. The van der Waals surface area contributed by atoms with E-state index in [4.69, 9.17) is 4.74 Å². The zero-order valence-electron chi connectivity index (χ0n) is 9.40. The third kappa shape index (κ3) is 2.87. The van der Waals surface area contributed by atoms with E-state index in [1.165, 1.54) is 0 Å². The Morgan fingerprint density at radius 2 is 2.50 bits per heavy atom. The van der Waals surface area contributed by atoms with Gasteiger partial charge in [0.05, 0.1) is 12.7 Å². The molecule has 0 amide bonds. The number of nitrogens with one attached hydrogen (secondary N) is 1. The first-order valence-corrected chi connectivity index (χ1v) is 5.54. The Morgan fingerprint density at radius 3 is 3.12 bits per heavy atom. The summed E-state index contributed by atoms with van der Waals surface area (Å²) in [5.41, 5.74) is 1.59. The molecule has 0 radical (unpaired) electrons. The lowest BCUT2D eigenvalue weighted by molar-refractivity contribution is 0.0240. The number of aromatic nitrogens is 1. The Hall–Kier alpha value is -1.26. The predicted octanol–water partition coefficient (Wildman–Crippen LogP) is 0.951. The van der Waals surface area contributed by atoms with Gasteiger partial charge in [0.25, 0.3) is 0 Å². The molecule has 86 valence electrons. The molecule has 4 heteroatoms. The average molecular weight is 220 g/mol. The Morgan fingerprint density at radius 1 is 1.62 bits per heavy atom. The van der Waals surface area contributed by atoms with Crippen LogP contribution in [-0.2, 0) is 4.74 Å². The number of hydrogen-bond donors (Lipinski definition) is 1. The smallest absolute Gasteiger partial charge is 0.167 e. The number of nitrogens with zero attached hydrogens (tertiary/aromatic N) is 1. The largest absolute Gasteiger partial charge is 0.375 e. The minimum Gasteiger partial charge on any atom is -0.375 e. The van der Waals surface area contributed by atoms with Crippen LogP contribution in [0.15, 0.2) is 18.3 Å². The van der Waals surface area contributed by atoms with Crippen molar-refractivity contribution in [3.05, 3.63) is 29.6 Å². The number of aryl methyl sites for hydroxylation is 1. The second-order valence-corrected chi connectivity index (χ2v) is 4.01. The molecule has 4 nitrogen and oxygen atoms in total. The number of ether oxygens (including phenoxy) is 1. The van der Waals surface area contributed by atoms with Crippen LogP contribution in [0, 0.1) is 6.92 Å². The monoisotopic (exact) mass is 220 g/mol. The molecule has 2 heterocycles. The maximum absolute atomic E-state index is 11.9. The Labute approximate surface area is 95.0 Å². The van der Waals surface area contributed by atoms with Crippen molar-refractivity contribution in [2.24, 2.45) is 0 Å². The number of Topliss-reactive ketones (excluding diaryl/α,β-unsaturated/α-hetero) is 1. The number of ketones is 1. The fraction of sp³-hybridized carbons (Fsp3) is 0.500. The number of hydrogen-bond acceptors (Lipinski definition) is 4. The quantitative estimate of drug-likeness (QED) is 0.771. The highest BCUT2D eigenvalue weighted by Crippen LogP contribution is 2.08. The molecule has 1 aliphatic rings. The molecule has 0 aromatic carbocycles. The summed E-state index contributed by atoms with van der Waals surface area (Å²) in [6, 6.07) is 3.67. The molecule has 1 saturated heterocycles. The SMILES string of the molecule is Cc1ccc(C(=O)CC2CNCCO2)cn1. The molecule has 1 aliphatic heterocycles. The van der Waals surface area contributed by atoms with Gasteiger partial charge in [-0.1, -0.05) is 0 Å². The second kappa shape index (κ2) is 5.18. The number of carbonyl (C=O) groups excluding carboxylic acids is 1. The highest BCUT2D eigenvalue weighted by atomic mass is 16.5. The fourth-order valence-corrected chi connectivity index (χ4v) is 1.71. The molecule has 0 bridgehead atoms. The lowest BCUT2D eigenvalue weighted by Gasteiger charge is -2.22. The molecule has 16 heavy (non-hydrogen) atoms. The Balaban J connectivity index is 1.94. The van der Waals surface area contributed by atoms with Crippen molar-refractivity contribution < 1.29 is 9.53 Å². The van der Waals surface area contributed by atoms with Gasteiger partial charge in [-0.15, -0.1) is 0 Å². The third-order valence-electron chi connectivity index (χ3n) is 2.65. The maximum atomic E-state index is 11.9. The number of carbonyl (C=O) groups is 1. The molecule has 0 aliphatic carbocycles. The molecule has 1 aromatic rings. The predicted molar refractivity (Wildman–Crippen MR) is 60.5 cm³/mol. The minimum absolute atomic E-state index is 0.00236. The van der Waals surface area contributed by atoms with E-state index in [2.05, 4.69) is 10.3 Å². The second-order valence-electron chi connectivity index (χ2n) is 4.01. The number of morpholine rings is 1. The van der Waals surface area contributed by atoms with Crippen molar-refractivity contribution in [2.75, 3.05) is 19.7 Å². The van der Waals surface area contributed by atoms with Crippen LogP contribution in [0.3, 0.4) is 0 Å². The first-order valence-electron chi connectivity index (χ1n) is 5.54. The van der Waals surface area contributed by atoms with E-state index >= 15 is 0 Å². The van der Waals surface area contributed by atoms with Crippen LogP contribution < -0.4 is 5.32 Å². The van der Waals surface area contributed by atoms with E-state index in [1.807, 2.05) is 19.1 Å². The number of pyridine rings is 1. The van der Waals surface area contributed by atoms with Gasteiger partial charge in [0, 0.05) is 37.0 Å². The topological polar surface area (TPSA) is 51.2 Å². The molecular weight excluding hydrogens is 204 g/mol. The van der Waals surface area contributed by atoms with Crippen molar-refractivity contribution >= 4 is 5.78 Å². The minimum atomic E-state index is 0.00236. The summed E-state index contributed by atoms with van der Waals surface area (Å²) in [6.07, 6.45) is 2.06. The summed E-state index contributed by atoms with van der Waals surface area (Å²) >= 11 is 0. The van der Waals surface area contributed by atoms with Gasteiger partial charge in [-0.2, -0.15) is 0 Å². The molecule has 1 unspecified atom stereocenters. The number of rotatable bonds is 3. The molecular formula is C12H16N2O2.